The van der Waals surface area contributed by atoms with Gasteiger partial charge in [0.05, 0.1) is 0 Å². The van der Waals surface area contributed by atoms with E-state index in [0.29, 0.717) is 19.3 Å². The first-order valence-electron chi connectivity index (χ1n) is 31.6. The molecule has 0 aliphatic heterocycles. The lowest BCUT2D eigenvalue weighted by atomic mass is 10.0. The highest BCUT2D eigenvalue weighted by molar-refractivity contribution is 5.71. The van der Waals surface area contributed by atoms with Gasteiger partial charge < -0.3 is 14.2 Å². The first-order chi connectivity index (χ1) is 35.5. The van der Waals surface area contributed by atoms with E-state index in [4.69, 9.17) is 14.2 Å². The number of hydrogen-bond donors (Lipinski definition) is 0. The molecule has 0 fully saturated rings. The van der Waals surface area contributed by atoms with Crippen LogP contribution in [0.15, 0.2) is 48.6 Å². The van der Waals surface area contributed by atoms with E-state index in [2.05, 4.69) is 69.4 Å². The van der Waals surface area contributed by atoms with Crippen molar-refractivity contribution < 1.29 is 28.6 Å². The molecule has 0 amide bonds. The smallest absolute Gasteiger partial charge is 0.306 e. The summed E-state index contributed by atoms with van der Waals surface area (Å²) in [4.78, 5) is 38.3. The van der Waals surface area contributed by atoms with Gasteiger partial charge in [-0.25, -0.2) is 0 Å². The summed E-state index contributed by atoms with van der Waals surface area (Å²) in [5.74, 6) is -0.863. The Morgan fingerprint density at radius 1 is 0.278 bits per heavy atom. The second kappa shape index (κ2) is 60.9. The van der Waals surface area contributed by atoms with Crippen molar-refractivity contribution in [1.82, 2.24) is 0 Å². The molecule has 0 aliphatic rings. The minimum absolute atomic E-state index is 0.0732. The van der Waals surface area contributed by atoms with Gasteiger partial charge in [-0.1, -0.05) is 281 Å². The second-order valence-corrected chi connectivity index (χ2v) is 21.3. The molecular formula is C66H120O6. The molecule has 0 saturated heterocycles. The molecule has 72 heavy (non-hydrogen) atoms. The monoisotopic (exact) mass is 1010 g/mol. The Morgan fingerprint density at radius 3 is 0.792 bits per heavy atom. The summed E-state index contributed by atoms with van der Waals surface area (Å²) in [5.41, 5.74) is 0. The Bertz CT molecular complexity index is 1250. The van der Waals surface area contributed by atoms with Crippen LogP contribution in [0.2, 0.25) is 0 Å². The topological polar surface area (TPSA) is 78.9 Å². The van der Waals surface area contributed by atoms with Crippen molar-refractivity contribution in [3.8, 4) is 0 Å². The largest absolute Gasteiger partial charge is 0.462 e. The number of esters is 3. The van der Waals surface area contributed by atoms with Crippen LogP contribution in [-0.2, 0) is 28.6 Å². The van der Waals surface area contributed by atoms with E-state index in [1.54, 1.807) is 0 Å². The van der Waals surface area contributed by atoms with Crippen molar-refractivity contribution >= 4 is 17.9 Å². The molecule has 1 atom stereocenters. The van der Waals surface area contributed by atoms with Crippen molar-refractivity contribution in [2.75, 3.05) is 13.2 Å². The highest BCUT2D eigenvalue weighted by atomic mass is 16.6. The minimum Gasteiger partial charge on any atom is -0.462 e. The lowest BCUT2D eigenvalue weighted by Gasteiger charge is -2.18. The Hall–Kier alpha value is -2.63. The van der Waals surface area contributed by atoms with E-state index < -0.39 is 6.10 Å². The Morgan fingerprint density at radius 2 is 0.500 bits per heavy atom. The van der Waals surface area contributed by atoms with Crippen LogP contribution in [0, 0.1) is 0 Å². The van der Waals surface area contributed by atoms with Crippen LogP contribution < -0.4 is 0 Å². The third-order valence-electron chi connectivity index (χ3n) is 14.1. The summed E-state index contributed by atoms with van der Waals surface area (Å²) < 4.78 is 16.9. The predicted octanol–water partition coefficient (Wildman–Crippen LogP) is 21.4. The number of carbonyl (C=O) groups is 3. The Labute approximate surface area is 448 Å². The summed E-state index contributed by atoms with van der Waals surface area (Å²) in [5, 5.41) is 0. The van der Waals surface area contributed by atoms with Gasteiger partial charge in [-0.3, -0.25) is 14.4 Å². The SMILES string of the molecule is CCCCC/C=C\C/C=C\CCCCCCCCCC(=O)OC(COC(=O)CCCCCCCCCCCCC/C=C\C/C=C\CCCCCCC)COC(=O)CCCCCCCCCCCCCCCC. The number of rotatable bonds is 58. The molecule has 1 unspecified atom stereocenters. The molecule has 0 rings (SSSR count). The molecule has 0 saturated carbocycles. The minimum atomic E-state index is -0.776. The van der Waals surface area contributed by atoms with E-state index in [9.17, 15) is 14.4 Å². The number of allylic oxidation sites excluding steroid dienone is 8. The van der Waals surface area contributed by atoms with Crippen LogP contribution >= 0.6 is 0 Å². The molecule has 6 nitrogen and oxygen atoms in total. The fourth-order valence-electron chi connectivity index (χ4n) is 9.27. The van der Waals surface area contributed by atoms with Crippen LogP contribution in [0.25, 0.3) is 0 Å². The average Bonchev–Trinajstić information content (AvgIpc) is 3.38. The van der Waals surface area contributed by atoms with Crippen LogP contribution in [0.5, 0.6) is 0 Å². The third kappa shape index (κ3) is 58.3. The van der Waals surface area contributed by atoms with E-state index in [1.165, 1.54) is 218 Å². The number of carbonyl (C=O) groups excluding carboxylic acids is 3. The van der Waals surface area contributed by atoms with Gasteiger partial charge in [-0.2, -0.15) is 0 Å². The van der Waals surface area contributed by atoms with Gasteiger partial charge in [-0.15, -0.1) is 0 Å². The third-order valence-corrected chi connectivity index (χ3v) is 14.1. The van der Waals surface area contributed by atoms with Gasteiger partial charge in [0.1, 0.15) is 13.2 Å². The van der Waals surface area contributed by atoms with Crippen LogP contribution in [0.4, 0.5) is 0 Å². The quantitative estimate of drug-likeness (QED) is 0.0261. The van der Waals surface area contributed by atoms with Gasteiger partial charge in [-0.05, 0) is 83.5 Å². The maximum absolute atomic E-state index is 12.9. The summed E-state index contributed by atoms with van der Waals surface area (Å²) >= 11 is 0. The molecule has 0 spiro atoms. The number of hydrogen-bond acceptors (Lipinski definition) is 6. The zero-order chi connectivity index (χ0) is 52.2. The molecule has 0 heterocycles. The predicted molar refractivity (Wildman–Crippen MR) is 312 cm³/mol. The summed E-state index contributed by atoms with van der Waals surface area (Å²) in [6, 6.07) is 0. The van der Waals surface area contributed by atoms with Gasteiger partial charge in [0, 0.05) is 19.3 Å². The zero-order valence-corrected chi connectivity index (χ0v) is 48.2. The van der Waals surface area contributed by atoms with E-state index >= 15 is 0 Å². The van der Waals surface area contributed by atoms with Crippen LogP contribution in [0.3, 0.4) is 0 Å². The molecule has 0 N–H and O–H groups in total. The zero-order valence-electron chi connectivity index (χ0n) is 48.2. The van der Waals surface area contributed by atoms with Crippen LogP contribution in [0.1, 0.15) is 335 Å². The van der Waals surface area contributed by atoms with Gasteiger partial charge in [0.15, 0.2) is 6.10 Å². The van der Waals surface area contributed by atoms with E-state index in [1.807, 2.05) is 0 Å². The van der Waals surface area contributed by atoms with Gasteiger partial charge in [0.25, 0.3) is 0 Å². The standard InChI is InChI=1S/C66H120O6/c1-4-7-10-13-16-19-22-25-28-30-31-32-33-34-35-37-38-41-44-47-50-53-56-59-65(68)71-62-63(61-70-64(67)58-55-52-49-46-43-40-27-24-21-18-15-12-9-6-3)72-66(69)60-57-54-51-48-45-42-39-36-29-26-23-20-17-14-11-8-5-2/h17,20,22,25-26,29-31,63H,4-16,18-19,21,23-24,27-28,32-62H2,1-3H3/b20-17-,25-22-,29-26-,31-30-. The van der Waals surface area contributed by atoms with Crippen molar-refractivity contribution in [2.45, 2.75) is 341 Å². The molecule has 0 aliphatic carbocycles. The highest BCUT2D eigenvalue weighted by Gasteiger charge is 2.19. The lowest BCUT2D eigenvalue weighted by Crippen LogP contribution is -2.30. The molecule has 0 bridgehead atoms. The van der Waals surface area contributed by atoms with Crippen LogP contribution in [-0.4, -0.2) is 37.2 Å². The van der Waals surface area contributed by atoms with Crippen molar-refractivity contribution in [2.24, 2.45) is 0 Å². The summed E-state index contributed by atoms with van der Waals surface area (Å²) in [6.45, 7) is 6.64. The summed E-state index contributed by atoms with van der Waals surface area (Å²) in [6.07, 6.45) is 75.3. The lowest BCUT2D eigenvalue weighted by molar-refractivity contribution is -0.167. The van der Waals surface area contributed by atoms with E-state index in [0.717, 1.165) is 77.0 Å². The van der Waals surface area contributed by atoms with Crippen molar-refractivity contribution in [3.63, 3.8) is 0 Å². The first kappa shape index (κ1) is 69.4. The number of unbranched alkanes of at least 4 members (excludes halogenated alkanes) is 39. The Balaban J connectivity index is 4.31. The van der Waals surface area contributed by atoms with Crippen molar-refractivity contribution in [1.29, 1.82) is 0 Å². The molecule has 0 radical (unpaired) electrons. The second-order valence-electron chi connectivity index (χ2n) is 21.3. The molecule has 0 aromatic carbocycles. The fourth-order valence-corrected chi connectivity index (χ4v) is 9.27. The molecular weight excluding hydrogens is 889 g/mol. The molecule has 0 aromatic heterocycles. The number of ether oxygens (including phenoxy) is 3. The normalized spacial score (nSPS) is 12.3. The van der Waals surface area contributed by atoms with E-state index in [-0.39, 0.29) is 31.1 Å². The molecule has 6 heteroatoms. The van der Waals surface area contributed by atoms with Crippen molar-refractivity contribution in [3.05, 3.63) is 48.6 Å². The highest BCUT2D eigenvalue weighted by Crippen LogP contribution is 2.17. The first-order valence-corrected chi connectivity index (χ1v) is 31.6. The van der Waals surface area contributed by atoms with Gasteiger partial charge >= 0.3 is 17.9 Å². The summed E-state index contributed by atoms with van der Waals surface area (Å²) in [7, 11) is 0. The fraction of sp³-hybridized carbons (Fsp3) is 0.833. The molecule has 420 valence electrons. The maximum atomic E-state index is 12.9. The molecule has 0 aromatic rings. The average molecular weight is 1010 g/mol. The Kier molecular flexibility index (Phi) is 58.7. The maximum Gasteiger partial charge on any atom is 0.306 e. The van der Waals surface area contributed by atoms with Gasteiger partial charge in [0.2, 0.25) is 0 Å².